The van der Waals surface area contributed by atoms with Gasteiger partial charge in [0.2, 0.25) is 0 Å². The number of rotatable bonds is 2. The predicted molar refractivity (Wildman–Crippen MR) is 61.7 cm³/mol. The fraction of sp³-hybridized carbons (Fsp3) is 0.300. The van der Waals surface area contributed by atoms with Crippen LogP contribution in [0.2, 0.25) is 0 Å². The highest BCUT2D eigenvalue weighted by molar-refractivity contribution is 7.80. The summed E-state index contributed by atoms with van der Waals surface area (Å²) in [6.45, 7) is 0. The molecular weight excluding hydrogens is 237 g/mol. The molecule has 0 aliphatic carbocycles. The van der Waals surface area contributed by atoms with Crippen molar-refractivity contribution in [2.45, 2.75) is 6.18 Å². The van der Waals surface area contributed by atoms with E-state index in [9.17, 15) is 13.2 Å². The van der Waals surface area contributed by atoms with Crippen LogP contribution in [-0.4, -0.2) is 19.1 Å². The molecule has 16 heavy (non-hydrogen) atoms. The normalized spacial score (nSPS) is 11.3. The number of benzene rings is 1. The third kappa shape index (κ3) is 2.63. The maximum Gasteiger partial charge on any atom is 0.417 e. The lowest BCUT2D eigenvalue weighted by atomic mass is 10.1. The maximum atomic E-state index is 12.6. The van der Waals surface area contributed by atoms with Crippen LogP contribution in [0.1, 0.15) is 11.1 Å². The molecule has 2 N–H and O–H groups in total. The minimum absolute atomic E-state index is 0.145. The molecule has 0 fully saturated rings. The Morgan fingerprint density at radius 2 is 1.88 bits per heavy atom. The van der Waals surface area contributed by atoms with Gasteiger partial charge in [-0.2, -0.15) is 13.2 Å². The summed E-state index contributed by atoms with van der Waals surface area (Å²) in [5, 5.41) is 0. The van der Waals surface area contributed by atoms with Gasteiger partial charge in [-0.15, -0.1) is 0 Å². The second-order valence-corrected chi connectivity index (χ2v) is 3.93. The molecule has 0 amide bonds. The quantitative estimate of drug-likeness (QED) is 0.815. The Morgan fingerprint density at radius 1 is 1.31 bits per heavy atom. The molecule has 0 unspecified atom stereocenters. The number of hydrogen-bond acceptors (Lipinski definition) is 2. The number of hydrogen-bond donors (Lipinski definition) is 1. The SMILES string of the molecule is CN(C)c1ccc(C(F)(F)F)c(C(N)=S)c1. The molecule has 0 atom stereocenters. The van der Waals surface area contributed by atoms with Crippen molar-refractivity contribution >= 4 is 22.9 Å². The van der Waals surface area contributed by atoms with Crippen molar-refractivity contribution in [2.75, 3.05) is 19.0 Å². The smallest absolute Gasteiger partial charge is 0.389 e. The Hall–Kier alpha value is -1.30. The van der Waals surface area contributed by atoms with Crippen LogP contribution in [-0.2, 0) is 6.18 Å². The summed E-state index contributed by atoms with van der Waals surface area (Å²) < 4.78 is 37.8. The van der Waals surface area contributed by atoms with E-state index in [0.717, 1.165) is 6.07 Å². The fourth-order valence-corrected chi connectivity index (χ4v) is 1.43. The van der Waals surface area contributed by atoms with Crippen molar-refractivity contribution < 1.29 is 13.2 Å². The molecule has 0 heterocycles. The summed E-state index contributed by atoms with van der Waals surface area (Å²) >= 11 is 4.62. The molecule has 0 spiro atoms. The molecule has 1 rings (SSSR count). The molecule has 0 radical (unpaired) electrons. The molecule has 6 heteroatoms. The molecule has 1 aromatic carbocycles. The third-order valence-electron chi connectivity index (χ3n) is 2.09. The van der Waals surface area contributed by atoms with Crippen molar-refractivity contribution in [3.8, 4) is 0 Å². The minimum atomic E-state index is -4.44. The number of nitrogens with two attached hydrogens (primary N) is 1. The van der Waals surface area contributed by atoms with Crippen LogP contribution in [0.15, 0.2) is 18.2 Å². The van der Waals surface area contributed by atoms with Crippen LogP contribution in [0.25, 0.3) is 0 Å². The zero-order valence-electron chi connectivity index (χ0n) is 8.80. The van der Waals surface area contributed by atoms with Crippen LogP contribution >= 0.6 is 12.2 Å². The molecule has 1 aromatic rings. The Bertz CT molecular complexity index is 413. The van der Waals surface area contributed by atoms with Crippen molar-refractivity contribution in [3.63, 3.8) is 0 Å². The minimum Gasteiger partial charge on any atom is -0.389 e. The van der Waals surface area contributed by atoms with Crippen LogP contribution < -0.4 is 10.6 Å². The van der Waals surface area contributed by atoms with E-state index in [2.05, 4.69) is 12.2 Å². The first kappa shape index (κ1) is 12.8. The summed E-state index contributed by atoms with van der Waals surface area (Å²) in [7, 11) is 3.46. The summed E-state index contributed by atoms with van der Waals surface area (Å²) in [5.41, 5.74) is 4.97. The molecular formula is C10H11F3N2S. The van der Waals surface area contributed by atoms with Crippen LogP contribution in [0, 0.1) is 0 Å². The topological polar surface area (TPSA) is 29.3 Å². The van der Waals surface area contributed by atoms with E-state index < -0.39 is 11.7 Å². The van der Waals surface area contributed by atoms with Gasteiger partial charge in [0.25, 0.3) is 0 Å². The van der Waals surface area contributed by atoms with E-state index in [1.807, 2.05) is 0 Å². The molecule has 0 aromatic heterocycles. The number of nitrogens with zero attached hydrogens (tertiary/aromatic N) is 1. The average molecular weight is 248 g/mol. The standard InChI is InChI=1S/C10H11F3N2S/c1-15(2)6-3-4-8(10(11,12)13)7(5-6)9(14)16/h3-5H,1-2H3,(H2,14,16). The Labute approximate surface area is 96.8 Å². The van der Waals surface area contributed by atoms with E-state index in [4.69, 9.17) is 5.73 Å². The zero-order valence-corrected chi connectivity index (χ0v) is 9.62. The van der Waals surface area contributed by atoms with Crippen molar-refractivity contribution in [1.29, 1.82) is 0 Å². The number of halogens is 3. The average Bonchev–Trinajstić information content (AvgIpc) is 2.15. The summed E-state index contributed by atoms with van der Waals surface area (Å²) in [4.78, 5) is 1.43. The summed E-state index contributed by atoms with van der Waals surface area (Å²) in [5.74, 6) is 0. The van der Waals surface area contributed by atoms with Crippen LogP contribution in [0.3, 0.4) is 0 Å². The van der Waals surface area contributed by atoms with E-state index >= 15 is 0 Å². The Balaban J connectivity index is 3.37. The number of anilines is 1. The van der Waals surface area contributed by atoms with Gasteiger partial charge < -0.3 is 10.6 Å². The largest absolute Gasteiger partial charge is 0.417 e. The molecule has 88 valence electrons. The summed E-state index contributed by atoms with van der Waals surface area (Å²) in [6, 6.07) is 3.71. The highest BCUT2D eigenvalue weighted by Crippen LogP contribution is 2.33. The lowest BCUT2D eigenvalue weighted by molar-refractivity contribution is -0.137. The van der Waals surface area contributed by atoms with Gasteiger partial charge in [-0.05, 0) is 18.2 Å². The Kier molecular flexibility index (Phi) is 3.42. The maximum absolute atomic E-state index is 12.6. The fourth-order valence-electron chi connectivity index (χ4n) is 1.26. The summed E-state index contributed by atoms with van der Waals surface area (Å²) in [6.07, 6.45) is -4.44. The molecule has 0 saturated carbocycles. The lowest BCUT2D eigenvalue weighted by Crippen LogP contribution is -2.19. The molecule has 0 bridgehead atoms. The first-order chi connectivity index (χ1) is 7.23. The van der Waals surface area contributed by atoms with E-state index in [1.54, 1.807) is 19.0 Å². The van der Waals surface area contributed by atoms with Crippen LogP contribution in [0.5, 0.6) is 0 Å². The van der Waals surface area contributed by atoms with Gasteiger partial charge in [0.05, 0.1) is 5.56 Å². The molecule has 0 saturated heterocycles. The van der Waals surface area contributed by atoms with Crippen LogP contribution in [0.4, 0.5) is 18.9 Å². The lowest BCUT2D eigenvalue weighted by Gasteiger charge is -2.17. The zero-order chi connectivity index (χ0) is 12.5. The molecule has 0 aliphatic rings. The van der Waals surface area contributed by atoms with E-state index in [0.29, 0.717) is 5.69 Å². The Morgan fingerprint density at radius 3 is 2.25 bits per heavy atom. The molecule has 2 nitrogen and oxygen atoms in total. The van der Waals surface area contributed by atoms with Crippen molar-refractivity contribution in [2.24, 2.45) is 5.73 Å². The number of thiocarbonyl (C=S) groups is 1. The second-order valence-electron chi connectivity index (χ2n) is 3.49. The van der Waals surface area contributed by atoms with Gasteiger partial charge in [0, 0.05) is 25.3 Å². The van der Waals surface area contributed by atoms with Gasteiger partial charge in [0.15, 0.2) is 0 Å². The predicted octanol–water partition coefficient (Wildman–Crippen LogP) is 2.41. The first-order valence-corrected chi connectivity index (χ1v) is 4.82. The van der Waals surface area contributed by atoms with E-state index in [1.165, 1.54) is 12.1 Å². The van der Waals surface area contributed by atoms with Gasteiger partial charge >= 0.3 is 6.18 Å². The third-order valence-corrected chi connectivity index (χ3v) is 2.31. The van der Waals surface area contributed by atoms with Gasteiger partial charge in [0.1, 0.15) is 4.99 Å². The monoisotopic (exact) mass is 248 g/mol. The van der Waals surface area contributed by atoms with Gasteiger partial charge in [-0.25, -0.2) is 0 Å². The second kappa shape index (κ2) is 4.29. The number of alkyl halides is 3. The van der Waals surface area contributed by atoms with Gasteiger partial charge in [-0.3, -0.25) is 0 Å². The first-order valence-electron chi connectivity index (χ1n) is 4.42. The highest BCUT2D eigenvalue weighted by Gasteiger charge is 2.34. The van der Waals surface area contributed by atoms with Crippen molar-refractivity contribution in [1.82, 2.24) is 0 Å². The van der Waals surface area contributed by atoms with Crippen molar-refractivity contribution in [3.05, 3.63) is 29.3 Å². The molecule has 0 aliphatic heterocycles. The van der Waals surface area contributed by atoms with Gasteiger partial charge in [-0.1, -0.05) is 12.2 Å². The highest BCUT2D eigenvalue weighted by atomic mass is 32.1. The van der Waals surface area contributed by atoms with E-state index in [-0.39, 0.29) is 10.6 Å².